The van der Waals surface area contributed by atoms with Gasteiger partial charge in [-0.25, -0.2) is 0 Å². The molecule has 1 unspecified atom stereocenters. The molecule has 3 nitrogen and oxygen atoms in total. The normalized spacial score (nSPS) is 18.3. The van der Waals surface area contributed by atoms with Crippen molar-refractivity contribution in [3.8, 4) is 0 Å². The van der Waals surface area contributed by atoms with Crippen LogP contribution in [0.2, 0.25) is 0 Å². The fourth-order valence-corrected chi connectivity index (χ4v) is 3.49. The van der Waals surface area contributed by atoms with E-state index in [9.17, 15) is 4.79 Å². The number of carbonyl (C=O) groups is 1. The summed E-state index contributed by atoms with van der Waals surface area (Å²) in [4.78, 5) is 15.0. The number of aryl methyl sites for hydroxylation is 1. The Kier molecular flexibility index (Phi) is 5.69. The van der Waals surface area contributed by atoms with Crippen LogP contribution in [0.5, 0.6) is 0 Å². The van der Waals surface area contributed by atoms with E-state index in [-0.39, 0.29) is 11.8 Å². The van der Waals surface area contributed by atoms with Crippen LogP contribution < -0.4 is 5.32 Å². The van der Waals surface area contributed by atoms with Gasteiger partial charge in [-0.05, 0) is 61.7 Å². The van der Waals surface area contributed by atoms with Crippen LogP contribution in [-0.2, 0) is 11.3 Å². The summed E-state index contributed by atoms with van der Waals surface area (Å²) in [6, 6.07) is 16.4. The molecule has 4 heteroatoms. The first-order valence-electron chi connectivity index (χ1n) is 8.44. The lowest BCUT2D eigenvalue weighted by atomic mass is 9.96. The Hall–Kier alpha value is -1.65. The first-order valence-corrected chi connectivity index (χ1v) is 9.24. The Labute approximate surface area is 152 Å². The molecule has 24 heavy (non-hydrogen) atoms. The van der Waals surface area contributed by atoms with Gasteiger partial charge in [0, 0.05) is 23.2 Å². The maximum atomic E-state index is 12.6. The number of likely N-dealkylation sites (tertiary alicyclic amines) is 1. The second kappa shape index (κ2) is 7.95. The minimum Gasteiger partial charge on any atom is -0.326 e. The number of benzene rings is 2. The summed E-state index contributed by atoms with van der Waals surface area (Å²) in [7, 11) is 0. The van der Waals surface area contributed by atoms with E-state index in [1.165, 1.54) is 5.56 Å². The molecule has 1 amide bonds. The lowest BCUT2D eigenvalue weighted by Crippen LogP contribution is -2.40. The number of amides is 1. The molecule has 2 aromatic carbocycles. The summed E-state index contributed by atoms with van der Waals surface area (Å²) in [6.45, 7) is 4.83. The smallest absolute Gasteiger partial charge is 0.228 e. The molecule has 1 N–H and O–H groups in total. The number of anilines is 1. The predicted molar refractivity (Wildman–Crippen MR) is 102 cm³/mol. The molecule has 2 aromatic rings. The molecule has 0 radical (unpaired) electrons. The van der Waals surface area contributed by atoms with Crippen LogP contribution in [0.4, 0.5) is 5.69 Å². The first kappa shape index (κ1) is 17.2. The van der Waals surface area contributed by atoms with E-state index in [1.807, 2.05) is 31.2 Å². The number of nitrogens with one attached hydrogen (secondary N) is 1. The quantitative estimate of drug-likeness (QED) is 0.831. The lowest BCUT2D eigenvalue weighted by Gasteiger charge is -2.32. The Bertz CT molecular complexity index is 699. The topological polar surface area (TPSA) is 32.3 Å². The van der Waals surface area contributed by atoms with Crippen LogP contribution in [0.25, 0.3) is 0 Å². The van der Waals surface area contributed by atoms with E-state index in [4.69, 9.17) is 0 Å². The van der Waals surface area contributed by atoms with E-state index in [1.54, 1.807) is 0 Å². The van der Waals surface area contributed by atoms with Gasteiger partial charge in [0.15, 0.2) is 0 Å². The summed E-state index contributed by atoms with van der Waals surface area (Å²) in [5, 5.41) is 3.07. The van der Waals surface area contributed by atoms with Gasteiger partial charge in [-0.15, -0.1) is 0 Å². The van der Waals surface area contributed by atoms with Crippen LogP contribution in [0.15, 0.2) is 53.0 Å². The summed E-state index contributed by atoms with van der Waals surface area (Å²) >= 11 is 3.47. The van der Waals surface area contributed by atoms with E-state index in [2.05, 4.69) is 50.4 Å². The number of halogens is 1. The number of piperidine rings is 1. The van der Waals surface area contributed by atoms with Crippen molar-refractivity contribution in [2.45, 2.75) is 26.3 Å². The average molecular weight is 387 g/mol. The van der Waals surface area contributed by atoms with Crippen molar-refractivity contribution >= 4 is 27.5 Å². The highest BCUT2D eigenvalue weighted by Crippen LogP contribution is 2.21. The molecule has 1 atom stereocenters. The fraction of sp³-hybridized carbons (Fsp3) is 0.350. The van der Waals surface area contributed by atoms with Crippen LogP contribution in [0.1, 0.15) is 24.0 Å². The molecule has 0 bridgehead atoms. The third-order valence-electron chi connectivity index (χ3n) is 4.48. The maximum Gasteiger partial charge on any atom is 0.228 e. The van der Waals surface area contributed by atoms with E-state index in [0.29, 0.717) is 0 Å². The Morgan fingerprint density at radius 1 is 1.25 bits per heavy atom. The standard InChI is InChI=1S/C20H23BrN2O/c1-15-4-2-6-19(12-15)22-20(24)17-5-3-11-23(14-17)13-16-7-9-18(21)10-8-16/h2,4,6-10,12,17H,3,5,11,13-14H2,1H3,(H,22,24). The van der Waals surface area contributed by atoms with Crippen molar-refractivity contribution in [2.75, 3.05) is 18.4 Å². The van der Waals surface area contributed by atoms with Gasteiger partial charge in [-0.3, -0.25) is 9.69 Å². The van der Waals surface area contributed by atoms with Crippen molar-refractivity contribution in [3.05, 3.63) is 64.1 Å². The summed E-state index contributed by atoms with van der Waals surface area (Å²) in [6.07, 6.45) is 2.04. The minimum atomic E-state index is 0.0645. The second-order valence-corrected chi connectivity index (χ2v) is 7.48. The molecule has 0 aromatic heterocycles. The zero-order chi connectivity index (χ0) is 16.9. The monoisotopic (exact) mass is 386 g/mol. The highest BCUT2D eigenvalue weighted by Gasteiger charge is 2.25. The highest BCUT2D eigenvalue weighted by molar-refractivity contribution is 9.10. The molecule has 1 aliphatic rings. The Morgan fingerprint density at radius 3 is 2.79 bits per heavy atom. The Morgan fingerprint density at radius 2 is 2.04 bits per heavy atom. The first-order chi connectivity index (χ1) is 11.6. The van der Waals surface area contributed by atoms with Crippen LogP contribution in [0, 0.1) is 12.8 Å². The average Bonchev–Trinajstić information content (AvgIpc) is 2.57. The van der Waals surface area contributed by atoms with E-state index >= 15 is 0 Å². The van der Waals surface area contributed by atoms with E-state index in [0.717, 1.165) is 48.2 Å². The molecule has 0 spiro atoms. The zero-order valence-corrected chi connectivity index (χ0v) is 15.6. The SMILES string of the molecule is Cc1cccc(NC(=O)C2CCCN(Cc3ccc(Br)cc3)C2)c1. The molecule has 0 aliphatic carbocycles. The largest absolute Gasteiger partial charge is 0.326 e. The van der Waals surface area contributed by atoms with Gasteiger partial charge in [0.25, 0.3) is 0 Å². The second-order valence-electron chi connectivity index (χ2n) is 6.56. The van der Waals surface area contributed by atoms with Gasteiger partial charge < -0.3 is 5.32 Å². The number of hydrogen-bond acceptors (Lipinski definition) is 2. The molecule has 126 valence electrons. The molecule has 1 aliphatic heterocycles. The molecule has 1 heterocycles. The van der Waals surface area contributed by atoms with Crippen molar-refractivity contribution in [1.82, 2.24) is 4.90 Å². The Balaban J connectivity index is 1.58. The van der Waals surface area contributed by atoms with Crippen LogP contribution in [-0.4, -0.2) is 23.9 Å². The van der Waals surface area contributed by atoms with Gasteiger partial charge in [0.1, 0.15) is 0 Å². The van der Waals surface area contributed by atoms with Crippen LogP contribution >= 0.6 is 15.9 Å². The third-order valence-corrected chi connectivity index (χ3v) is 5.01. The van der Waals surface area contributed by atoms with E-state index < -0.39 is 0 Å². The minimum absolute atomic E-state index is 0.0645. The van der Waals surface area contributed by atoms with Crippen LogP contribution in [0.3, 0.4) is 0 Å². The van der Waals surface area contributed by atoms with Crippen molar-refractivity contribution in [2.24, 2.45) is 5.92 Å². The molecule has 1 saturated heterocycles. The van der Waals surface area contributed by atoms with Crippen molar-refractivity contribution < 1.29 is 4.79 Å². The fourth-order valence-electron chi connectivity index (χ4n) is 3.23. The van der Waals surface area contributed by atoms with Gasteiger partial charge >= 0.3 is 0 Å². The maximum absolute atomic E-state index is 12.6. The molecule has 3 rings (SSSR count). The van der Waals surface area contributed by atoms with Crippen molar-refractivity contribution in [3.63, 3.8) is 0 Å². The van der Waals surface area contributed by atoms with Gasteiger partial charge in [0.05, 0.1) is 5.92 Å². The summed E-state index contributed by atoms with van der Waals surface area (Å²) in [5.74, 6) is 0.204. The summed E-state index contributed by atoms with van der Waals surface area (Å²) in [5.41, 5.74) is 3.34. The molecule has 0 saturated carbocycles. The highest BCUT2D eigenvalue weighted by atomic mass is 79.9. The van der Waals surface area contributed by atoms with Gasteiger partial charge in [-0.1, -0.05) is 40.2 Å². The zero-order valence-electron chi connectivity index (χ0n) is 14.0. The molecular formula is C20H23BrN2O. The number of hydrogen-bond donors (Lipinski definition) is 1. The third kappa shape index (κ3) is 4.68. The predicted octanol–water partition coefficient (Wildman–Crippen LogP) is 4.61. The van der Waals surface area contributed by atoms with Gasteiger partial charge in [-0.2, -0.15) is 0 Å². The lowest BCUT2D eigenvalue weighted by molar-refractivity contribution is -0.121. The number of carbonyl (C=O) groups excluding carboxylic acids is 1. The van der Waals surface area contributed by atoms with Crippen molar-refractivity contribution in [1.29, 1.82) is 0 Å². The number of rotatable bonds is 4. The molecule has 1 fully saturated rings. The number of nitrogens with zero attached hydrogens (tertiary/aromatic N) is 1. The van der Waals surface area contributed by atoms with Gasteiger partial charge in [0.2, 0.25) is 5.91 Å². The summed E-state index contributed by atoms with van der Waals surface area (Å²) < 4.78 is 1.10. The molecular weight excluding hydrogens is 364 g/mol.